The molecule has 0 fully saturated rings. The van der Waals surface area contributed by atoms with Crippen LogP contribution in [0.5, 0.6) is 0 Å². The maximum Gasteiger partial charge on any atom is 0.251 e. The minimum absolute atomic E-state index is 0.00115. The van der Waals surface area contributed by atoms with Crippen LogP contribution in [0.15, 0.2) is 43.0 Å². The van der Waals surface area contributed by atoms with Crippen molar-refractivity contribution in [1.82, 2.24) is 19.9 Å². The molecule has 1 aromatic carbocycles. The summed E-state index contributed by atoms with van der Waals surface area (Å²) < 4.78 is 2.00. The van der Waals surface area contributed by atoms with Crippen molar-refractivity contribution in [2.75, 3.05) is 0 Å². The van der Waals surface area contributed by atoms with Gasteiger partial charge in [0.15, 0.2) is 0 Å². The molecule has 92 valence electrons. The lowest BCUT2D eigenvalue weighted by molar-refractivity contribution is 0.0966. The van der Waals surface area contributed by atoms with Gasteiger partial charge in [-0.25, -0.2) is 9.97 Å². The van der Waals surface area contributed by atoms with Crippen molar-refractivity contribution in [2.45, 2.75) is 6.54 Å². The van der Waals surface area contributed by atoms with Crippen LogP contribution in [-0.2, 0) is 6.54 Å². The number of aromatic nitrogens is 3. The van der Waals surface area contributed by atoms with Gasteiger partial charge < -0.3 is 9.88 Å². The standard InChI is InChI=1S/C14H10N4O/c19-14-12-2-1-11(5-10(12)7-16-14)18-4-3-9-6-15-8-17-13(9)18/h1-6,8H,7H2,(H,16,19). The van der Waals surface area contributed by atoms with Crippen LogP contribution in [0.4, 0.5) is 0 Å². The minimum Gasteiger partial charge on any atom is -0.348 e. The van der Waals surface area contributed by atoms with E-state index in [-0.39, 0.29) is 5.91 Å². The quantitative estimate of drug-likeness (QED) is 0.714. The second kappa shape index (κ2) is 3.65. The molecular formula is C14H10N4O. The third-order valence-corrected chi connectivity index (χ3v) is 3.40. The third kappa shape index (κ3) is 1.45. The van der Waals surface area contributed by atoms with E-state index in [4.69, 9.17) is 0 Å². The molecule has 2 aromatic heterocycles. The number of nitrogens with one attached hydrogen (secondary N) is 1. The summed E-state index contributed by atoms with van der Waals surface area (Å²) in [5, 5.41) is 3.82. The summed E-state index contributed by atoms with van der Waals surface area (Å²) in [6, 6.07) is 7.80. The molecule has 3 aromatic rings. The van der Waals surface area contributed by atoms with Crippen molar-refractivity contribution >= 4 is 16.9 Å². The molecule has 0 aliphatic carbocycles. The minimum atomic E-state index is 0.00115. The second-order valence-corrected chi connectivity index (χ2v) is 4.51. The molecule has 5 heteroatoms. The van der Waals surface area contributed by atoms with Gasteiger partial charge in [0.05, 0.1) is 0 Å². The van der Waals surface area contributed by atoms with Gasteiger partial charge >= 0.3 is 0 Å². The predicted octanol–water partition coefficient (Wildman–Crippen LogP) is 1.66. The van der Waals surface area contributed by atoms with E-state index in [1.807, 2.05) is 35.0 Å². The fourth-order valence-electron chi connectivity index (χ4n) is 2.46. The van der Waals surface area contributed by atoms with Crippen LogP contribution in [0.3, 0.4) is 0 Å². The Hall–Kier alpha value is -2.69. The van der Waals surface area contributed by atoms with E-state index in [9.17, 15) is 4.79 Å². The number of benzene rings is 1. The van der Waals surface area contributed by atoms with Crippen molar-refractivity contribution < 1.29 is 4.79 Å². The molecule has 1 amide bonds. The monoisotopic (exact) mass is 250 g/mol. The van der Waals surface area contributed by atoms with Crippen LogP contribution in [0.1, 0.15) is 15.9 Å². The number of nitrogens with zero attached hydrogens (tertiary/aromatic N) is 3. The number of hydrogen-bond donors (Lipinski definition) is 1. The molecule has 1 aliphatic rings. The van der Waals surface area contributed by atoms with Gasteiger partial charge in [-0.2, -0.15) is 0 Å². The van der Waals surface area contributed by atoms with Crippen LogP contribution in [0.25, 0.3) is 16.7 Å². The van der Waals surface area contributed by atoms with Crippen LogP contribution in [0.2, 0.25) is 0 Å². The highest BCUT2D eigenvalue weighted by molar-refractivity contribution is 5.98. The fourth-order valence-corrected chi connectivity index (χ4v) is 2.46. The van der Waals surface area contributed by atoms with Crippen LogP contribution in [-0.4, -0.2) is 20.4 Å². The Morgan fingerprint density at radius 3 is 3.16 bits per heavy atom. The molecule has 0 saturated carbocycles. The van der Waals surface area contributed by atoms with E-state index in [0.717, 1.165) is 27.8 Å². The van der Waals surface area contributed by atoms with E-state index < -0.39 is 0 Å². The van der Waals surface area contributed by atoms with E-state index in [1.165, 1.54) is 6.33 Å². The normalized spacial score (nSPS) is 13.6. The summed E-state index contributed by atoms with van der Waals surface area (Å²) in [7, 11) is 0. The Morgan fingerprint density at radius 2 is 2.21 bits per heavy atom. The SMILES string of the molecule is O=C1NCc2cc(-n3ccc4cncnc43)ccc21. The smallest absolute Gasteiger partial charge is 0.251 e. The highest BCUT2D eigenvalue weighted by Crippen LogP contribution is 2.22. The number of amides is 1. The number of hydrogen-bond acceptors (Lipinski definition) is 3. The van der Waals surface area contributed by atoms with Gasteiger partial charge in [-0.15, -0.1) is 0 Å². The lowest BCUT2D eigenvalue weighted by Crippen LogP contribution is -2.12. The summed E-state index contributed by atoms with van der Waals surface area (Å²) in [5.41, 5.74) is 3.66. The molecule has 0 spiro atoms. The van der Waals surface area contributed by atoms with Gasteiger partial charge in [-0.1, -0.05) is 0 Å². The first-order valence-corrected chi connectivity index (χ1v) is 6.01. The summed E-state index contributed by atoms with van der Waals surface area (Å²) in [5.74, 6) is 0.00115. The van der Waals surface area contributed by atoms with Gasteiger partial charge in [0, 0.05) is 35.6 Å². The molecule has 0 radical (unpaired) electrons. The predicted molar refractivity (Wildman–Crippen MR) is 70.0 cm³/mol. The molecule has 3 heterocycles. The first-order valence-electron chi connectivity index (χ1n) is 6.01. The molecule has 0 unspecified atom stereocenters. The van der Waals surface area contributed by atoms with E-state index >= 15 is 0 Å². The van der Waals surface area contributed by atoms with Gasteiger partial charge in [-0.3, -0.25) is 4.79 Å². The summed E-state index contributed by atoms with van der Waals surface area (Å²) in [6.45, 7) is 0.593. The molecule has 0 bridgehead atoms. The molecule has 0 saturated heterocycles. The Kier molecular flexibility index (Phi) is 1.97. The molecule has 19 heavy (non-hydrogen) atoms. The first-order chi connectivity index (χ1) is 9.33. The van der Waals surface area contributed by atoms with Crippen LogP contribution >= 0.6 is 0 Å². The molecular weight excluding hydrogens is 240 g/mol. The van der Waals surface area contributed by atoms with Gasteiger partial charge in [0.1, 0.15) is 12.0 Å². The lowest BCUT2D eigenvalue weighted by atomic mass is 10.1. The Bertz CT molecular complexity index is 806. The molecule has 1 aliphatic heterocycles. The van der Waals surface area contributed by atoms with Gasteiger partial charge in [-0.05, 0) is 29.8 Å². The molecule has 0 atom stereocenters. The Morgan fingerprint density at radius 1 is 1.26 bits per heavy atom. The lowest BCUT2D eigenvalue weighted by Gasteiger charge is -2.06. The zero-order chi connectivity index (χ0) is 12.8. The molecule has 4 rings (SSSR count). The van der Waals surface area contributed by atoms with Crippen LogP contribution in [0, 0.1) is 0 Å². The number of carbonyl (C=O) groups excluding carboxylic acids is 1. The largest absolute Gasteiger partial charge is 0.348 e. The van der Waals surface area contributed by atoms with Crippen molar-refractivity contribution in [1.29, 1.82) is 0 Å². The zero-order valence-corrected chi connectivity index (χ0v) is 10.00. The van der Waals surface area contributed by atoms with Gasteiger partial charge in [0.2, 0.25) is 0 Å². The van der Waals surface area contributed by atoms with E-state index in [0.29, 0.717) is 6.54 Å². The topological polar surface area (TPSA) is 59.8 Å². The number of rotatable bonds is 1. The number of carbonyl (C=O) groups is 1. The van der Waals surface area contributed by atoms with Gasteiger partial charge in [0.25, 0.3) is 5.91 Å². The Balaban J connectivity index is 1.91. The van der Waals surface area contributed by atoms with Crippen molar-refractivity contribution in [3.05, 3.63) is 54.1 Å². The summed E-state index contributed by atoms with van der Waals surface area (Å²) in [4.78, 5) is 19.8. The zero-order valence-electron chi connectivity index (χ0n) is 10.00. The average Bonchev–Trinajstić information content (AvgIpc) is 3.03. The highest BCUT2D eigenvalue weighted by atomic mass is 16.1. The summed E-state index contributed by atoms with van der Waals surface area (Å²) in [6.07, 6.45) is 5.29. The maximum atomic E-state index is 11.5. The van der Waals surface area contributed by atoms with Crippen molar-refractivity contribution in [2.24, 2.45) is 0 Å². The summed E-state index contributed by atoms with van der Waals surface area (Å²) >= 11 is 0. The molecule has 1 N–H and O–H groups in total. The third-order valence-electron chi connectivity index (χ3n) is 3.40. The van der Waals surface area contributed by atoms with E-state index in [1.54, 1.807) is 6.20 Å². The second-order valence-electron chi connectivity index (χ2n) is 4.51. The highest BCUT2D eigenvalue weighted by Gasteiger charge is 2.19. The van der Waals surface area contributed by atoms with Crippen LogP contribution < -0.4 is 5.32 Å². The maximum absolute atomic E-state index is 11.5. The van der Waals surface area contributed by atoms with E-state index in [2.05, 4.69) is 15.3 Å². The van der Waals surface area contributed by atoms with Crippen molar-refractivity contribution in [3.8, 4) is 5.69 Å². The fraction of sp³-hybridized carbons (Fsp3) is 0.0714. The number of fused-ring (bicyclic) bond motifs is 2. The Labute approximate surface area is 108 Å². The first kappa shape index (κ1) is 10.3. The molecule has 5 nitrogen and oxygen atoms in total. The average molecular weight is 250 g/mol. The van der Waals surface area contributed by atoms with Crippen molar-refractivity contribution in [3.63, 3.8) is 0 Å².